The van der Waals surface area contributed by atoms with Crippen molar-refractivity contribution in [2.45, 2.75) is 19.8 Å². The van der Waals surface area contributed by atoms with Gasteiger partial charge in [0.1, 0.15) is 0 Å². The van der Waals surface area contributed by atoms with Gasteiger partial charge in [-0.3, -0.25) is 0 Å². The van der Waals surface area contributed by atoms with Gasteiger partial charge in [-0.05, 0) is 38.0 Å². The van der Waals surface area contributed by atoms with E-state index in [2.05, 4.69) is 24.9 Å². The molecule has 1 aliphatic heterocycles. The molecule has 0 aromatic heterocycles. The van der Waals surface area contributed by atoms with Crippen molar-refractivity contribution < 1.29 is 0 Å². The molecule has 1 aliphatic carbocycles. The van der Waals surface area contributed by atoms with Crippen LogP contribution in [0, 0.1) is 0 Å². The third kappa shape index (κ3) is 1.25. The highest BCUT2D eigenvalue weighted by atomic mass is 15.1. The first kappa shape index (κ1) is 7.11. The lowest BCUT2D eigenvalue weighted by molar-refractivity contribution is 0.349. The van der Waals surface area contributed by atoms with E-state index in [4.69, 9.17) is 0 Å². The van der Waals surface area contributed by atoms with E-state index in [0.29, 0.717) is 0 Å². The van der Waals surface area contributed by atoms with E-state index in [-0.39, 0.29) is 0 Å². The van der Waals surface area contributed by atoms with Crippen molar-refractivity contribution >= 4 is 0 Å². The van der Waals surface area contributed by atoms with E-state index in [0.717, 1.165) is 0 Å². The van der Waals surface area contributed by atoms with Crippen LogP contribution < -0.4 is 0 Å². The summed E-state index contributed by atoms with van der Waals surface area (Å²) in [4.78, 5) is 2.41. The zero-order valence-corrected chi connectivity index (χ0v) is 7.35. The standard InChI is InChI=1S/C10H15N/c1-8-5-9-3-4-11(2)7-10(9)6-8/h5H,3-4,6-7H2,1-2H3. The summed E-state index contributed by atoms with van der Waals surface area (Å²) in [5.74, 6) is 0. The van der Waals surface area contributed by atoms with Crippen LogP contribution in [0.4, 0.5) is 0 Å². The van der Waals surface area contributed by atoms with Crippen molar-refractivity contribution in [2.75, 3.05) is 20.1 Å². The Morgan fingerprint density at radius 1 is 1.45 bits per heavy atom. The summed E-state index contributed by atoms with van der Waals surface area (Å²) < 4.78 is 0. The summed E-state index contributed by atoms with van der Waals surface area (Å²) in [5.41, 5.74) is 4.84. The molecule has 1 heterocycles. The van der Waals surface area contributed by atoms with Crippen LogP contribution in [0.15, 0.2) is 22.8 Å². The molecule has 0 fully saturated rings. The van der Waals surface area contributed by atoms with Gasteiger partial charge >= 0.3 is 0 Å². The van der Waals surface area contributed by atoms with Crippen LogP contribution in [0.1, 0.15) is 19.8 Å². The largest absolute Gasteiger partial charge is 0.302 e. The summed E-state index contributed by atoms with van der Waals surface area (Å²) in [6.45, 7) is 4.67. The molecule has 0 unspecified atom stereocenters. The maximum Gasteiger partial charge on any atom is 0.0199 e. The van der Waals surface area contributed by atoms with Crippen molar-refractivity contribution in [1.29, 1.82) is 0 Å². The fourth-order valence-electron chi connectivity index (χ4n) is 2.02. The average Bonchev–Trinajstić information content (AvgIpc) is 2.27. The van der Waals surface area contributed by atoms with E-state index in [1.165, 1.54) is 25.9 Å². The predicted octanol–water partition coefficient (Wildman–Crippen LogP) is 1.97. The second kappa shape index (κ2) is 2.49. The van der Waals surface area contributed by atoms with Gasteiger partial charge in [0.15, 0.2) is 0 Å². The molecule has 0 saturated carbocycles. The first-order valence-corrected chi connectivity index (χ1v) is 4.32. The molecule has 60 valence electrons. The molecule has 0 atom stereocenters. The Kier molecular flexibility index (Phi) is 1.61. The molecular formula is C10H15N. The Hall–Kier alpha value is -0.560. The van der Waals surface area contributed by atoms with E-state index in [9.17, 15) is 0 Å². The molecule has 0 aromatic rings. The first-order valence-electron chi connectivity index (χ1n) is 4.32. The van der Waals surface area contributed by atoms with Crippen LogP contribution in [-0.2, 0) is 0 Å². The fraction of sp³-hybridized carbons (Fsp3) is 0.600. The average molecular weight is 149 g/mol. The van der Waals surface area contributed by atoms with Gasteiger partial charge in [0.25, 0.3) is 0 Å². The monoisotopic (exact) mass is 149 g/mol. The highest BCUT2D eigenvalue weighted by Crippen LogP contribution is 2.30. The number of likely N-dealkylation sites (N-methyl/N-ethyl adjacent to an activating group) is 1. The molecule has 0 amide bonds. The smallest absolute Gasteiger partial charge is 0.0199 e. The third-order valence-electron chi connectivity index (χ3n) is 2.59. The molecule has 1 nitrogen and oxygen atoms in total. The molecule has 0 spiro atoms. The van der Waals surface area contributed by atoms with Crippen LogP contribution in [0.2, 0.25) is 0 Å². The van der Waals surface area contributed by atoms with Gasteiger partial charge in [-0.1, -0.05) is 11.6 Å². The van der Waals surface area contributed by atoms with Gasteiger partial charge in [-0.25, -0.2) is 0 Å². The van der Waals surface area contributed by atoms with Crippen molar-refractivity contribution in [1.82, 2.24) is 4.90 Å². The summed E-state index contributed by atoms with van der Waals surface area (Å²) in [7, 11) is 2.21. The second-order valence-electron chi connectivity index (χ2n) is 3.78. The van der Waals surface area contributed by atoms with Crippen molar-refractivity contribution in [2.24, 2.45) is 0 Å². The zero-order valence-electron chi connectivity index (χ0n) is 7.35. The van der Waals surface area contributed by atoms with Crippen LogP contribution in [0.3, 0.4) is 0 Å². The third-order valence-corrected chi connectivity index (χ3v) is 2.59. The minimum atomic E-state index is 1.20. The topological polar surface area (TPSA) is 3.24 Å². The Morgan fingerprint density at radius 3 is 3.09 bits per heavy atom. The van der Waals surface area contributed by atoms with E-state index in [1.54, 1.807) is 16.7 Å². The van der Waals surface area contributed by atoms with Gasteiger partial charge in [0.2, 0.25) is 0 Å². The summed E-state index contributed by atoms with van der Waals surface area (Å²) in [6, 6.07) is 0. The number of nitrogens with zero attached hydrogens (tertiary/aromatic N) is 1. The Balaban J connectivity index is 2.18. The quantitative estimate of drug-likeness (QED) is 0.509. The van der Waals surface area contributed by atoms with E-state index in [1.807, 2.05) is 0 Å². The Morgan fingerprint density at radius 2 is 2.27 bits per heavy atom. The zero-order chi connectivity index (χ0) is 7.84. The molecule has 0 N–H and O–H groups in total. The summed E-state index contributed by atoms with van der Waals surface area (Å²) in [5, 5.41) is 0. The molecule has 0 saturated heterocycles. The maximum atomic E-state index is 2.41. The molecule has 2 aliphatic rings. The number of rotatable bonds is 0. The van der Waals surface area contributed by atoms with Crippen molar-refractivity contribution in [3.05, 3.63) is 22.8 Å². The maximum absolute atomic E-state index is 2.41. The van der Waals surface area contributed by atoms with Crippen molar-refractivity contribution in [3.63, 3.8) is 0 Å². The van der Waals surface area contributed by atoms with E-state index < -0.39 is 0 Å². The lowest BCUT2D eigenvalue weighted by atomic mass is 10.0. The van der Waals surface area contributed by atoms with Gasteiger partial charge in [-0.2, -0.15) is 0 Å². The number of allylic oxidation sites excluding steroid dienone is 2. The SMILES string of the molecule is CC1=CC2=C(C1)CN(C)CC2. The summed E-state index contributed by atoms with van der Waals surface area (Å²) in [6.07, 6.45) is 4.88. The normalized spacial score (nSPS) is 25.5. The molecule has 1 heteroatoms. The first-order chi connectivity index (χ1) is 5.25. The number of hydrogen-bond donors (Lipinski definition) is 0. The number of hydrogen-bond acceptors (Lipinski definition) is 1. The molecular weight excluding hydrogens is 134 g/mol. The van der Waals surface area contributed by atoms with Crippen LogP contribution in [-0.4, -0.2) is 25.0 Å². The van der Waals surface area contributed by atoms with Gasteiger partial charge in [0, 0.05) is 13.1 Å². The molecule has 2 rings (SSSR count). The summed E-state index contributed by atoms with van der Waals surface area (Å²) >= 11 is 0. The molecule has 0 aromatic carbocycles. The van der Waals surface area contributed by atoms with Crippen LogP contribution in [0.5, 0.6) is 0 Å². The minimum absolute atomic E-state index is 1.20. The second-order valence-corrected chi connectivity index (χ2v) is 3.78. The molecule has 0 radical (unpaired) electrons. The highest BCUT2D eigenvalue weighted by molar-refractivity contribution is 5.40. The van der Waals surface area contributed by atoms with Crippen molar-refractivity contribution in [3.8, 4) is 0 Å². The van der Waals surface area contributed by atoms with Gasteiger partial charge in [-0.15, -0.1) is 0 Å². The van der Waals surface area contributed by atoms with Crippen LogP contribution in [0.25, 0.3) is 0 Å². The van der Waals surface area contributed by atoms with Crippen LogP contribution >= 0.6 is 0 Å². The molecule has 0 bridgehead atoms. The lowest BCUT2D eigenvalue weighted by Crippen LogP contribution is -2.26. The van der Waals surface area contributed by atoms with E-state index >= 15 is 0 Å². The fourth-order valence-corrected chi connectivity index (χ4v) is 2.02. The molecule has 11 heavy (non-hydrogen) atoms. The van der Waals surface area contributed by atoms with Gasteiger partial charge in [0.05, 0.1) is 0 Å². The Bertz CT molecular complexity index is 235. The Labute approximate surface area is 68.4 Å². The minimum Gasteiger partial charge on any atom is -0.302 e. The lowest BCUT2D eigenvalue weighted by Gasteiger charge is -2.23. The predicted molar refractivity (Wildman–Crippen MR) is 47.5 cm³/mol. The highest BCUT2D eigenvalue weighted by Gasteiger charge is 2.18. The van der Waals surface area contributed by atoms with Gasteiger partial charge < -0.3 is 4.90 Å².